The minimum Gasteiger partial charge on any atom is -0.368 e. The summed E-state index contributed by atoms with van der Waals surface area (Å²) in [6, 6.07) is 3.61. The molecule has 4 rings (SSSR count). The highest BCUT2D eigenvalue weighted by atomic mass is 16.5. The van der Waals surface area contributed by atoms with Gasteiger partial charge in [-0.05, 0) is 24.8 Å². The number of carbonyl (C=O) groups is 1. The molecule has 2 atom stereocenters. The lowest BCUT2D eigenvalue weighted by molar-refractivity contribution is 0.0924. The van der Waals surface area contributed by atoms with Gasteiger partial charge in [0.05, 0.1) is 6.04 Å². The minimum absolute atomic E-state index is 0.0229. The fraction of sp³-hybridized carbons (Fsp3) is 0.500. The van der Waals surface area contributed by atoms with E-state index in [-0.39, 0.29) is 17.9 Å². The van der Waals surface area contributed by atoms with Crippen molar-refractivity contribution in [2.45, 2.75) is 31.7 Å². The van der Waals surface area contributed by atoms with Crippen LogP contribution in [0.25, 0.3) is 0 Å². The van der Waals surface area contributed by atoms with Gasteiger partial charge in [0, 0.05) is 31.3 Å². The van der Waals surface area contributed by atoms with Crippen molar-refractivity contribution in [3.05, 3.63) is 29.8 Å². The number of nitrogen functional groups attached to an aromatic ring is 1. The zero-order valence-electron chi connectivity index (χ0n) is 13.5. The van der Waals surface area contributed by atoms with E-state index in [1.165, 1.54) is 0 Å². The van der Waals surface area contributed by atoms with Gasteiger partial charge in [-0.1, -0.05) is 12.1 Å². The number of nitrogens with one attached hydrogen (secondary N) is 1. The summed E-state index contributed by atoms with van der Waals surface area (Å²) in [6.45, 7) is 3.58. The number of amides is 1. The predicted molar refractivity (Wildman–Crippen MR) is 87.6 cm³/mol. The van der Waals surface area contributed by atoms with Gasteiger partial charge in [-0.3, -0.25) is 4.79 Å². The quantitative estimate of drug-likeness (QED) is 0.867. The lowest BCUT2D eigenvalue weighted by Crippen LogP contribution is -2.40. The second-order valence-corrected chi connectivity index (χ2v) is 6.62. The molecule has 2 aromatic heterocycles. The SMILES string of the molecule is C[C@@H]1CN(c2ccnc(N)n2)C[C@H]1NC(=O)c1cc(C2CC2)on1. The van der Waals surface area contributed by atoms with Crippen LogP contribution in [-0.4, -0.2) is 40.2 Å². The van der Waals surface area contributed by atoms with Gasteiger partial charge in [0.25, 0.3) is 5.91 Å². The largest absolute Gasteiger partial charge is 0.368 e. The molecule has 0 aromatic carbocycles. The molecule has 2 aliphatic rings. The summed E-state index contributed by atoms with van der Waals surface area (Å²) in [6.07, 6.45) is 3.88. The van der Waals surface area contributed by atoms with Gasteiger partial charge >= 0.3 is 0 Å². The van der Waals surface area contributed by atoms with E-state index in [0.717, 1.165) is 31.0 Å². The zero-order valence-corrected chi connectivity index (χ0v) is 13.5. The van der Waals surface area contributed by atoms with Crippen molar-refractivity contribution < 1.29 is 9.32 Å². The summed E-state index contributed by atoms with van der Waals surface area (Å²) in [5.74, 6) is 2.40. The number of aromatic nitrogens is 3. The molecular weight excluding hydrogens is 308 g/mol. The van der Waals surface area contributed by atoms with Crippen LogP contribution >= 0.6 is 0 Å². The van der Waals surface area contributed by atoms with Crippen LogP contribution in [0.3, 0.4) is 0 Å². The van der Waals surface area contributed by atoms with Crippen molar-refractivity contribution in [2.75, 3.05) is 23.7 Å². The van der Waals surface area contributed by atoms with Crippen molar-refractivity contribution in [3.8, 4) is 0 Å². The summed E-state index contributed by atoms with van der Waals surface area (Å²) < 4.78 is 5.25. The lowest BCUT2D eigenvalue weighted by Gasteiger charge is -2.17. The van der Waals surface area contributed by atoms with Crippen LogP contribution < -0.4 is 16.0 Å². The number of carbonyl (C=O) groups excluding carboxylic acids is 1. The first-order valence-corrected chi connectivity index (χ1v) is 8.21. The summed E-state index contributed by atoms with van der Waals surface area (Å²) in [7, 11) is 0. The highest BCUT2D eigenvalue weighted by Gasteiger charge is 2.33. The van der Waals surface area contributed by atoms with Gasteiger partial charge in [0.15, 0.2) is 5.69 Å². The van der Waals surface area contributed by atoms with Crippen LogP contribution in [0, 0.1) is 5.92 Å². The Morgan fingerprint density at radius 2 is 2.25 bits per heavy atom. The molecule has 3 N–H and O–H groups in total. The molecule has 24 heavy (non-hydrogen) atoms. The standard InChI is InChI=1S/C16H20N6O2/c1-9-7-22(14-4-5-18-16(17)20-14)8-12(9)19-15(23)11-6-13(24-21-11)10-2-3-10/h4-6,9-10,12H,2-3,7-8H2,1H3,(H,19,23)(H2,17,18,20)/t9-,12-/m1/s1. The molecule has 0 bridgehead atoms. The molecule has 2 fully saturated rings. The molecule has 1 aliphatic carbocycles. The molecule has 0 spiro atoms. The molecule has 1 saturated carbocycles. The average Bonchev–Trinajstić information content (AvgIpc) is 3.18. The van der Waals surface area contributed by atoms with Crippen LogP contribution in [0.5, 0.6) is 0 Å². The third kappa shape index (κ3) is 2.91. The number of hydrogen-bond acceptors (Lipinski definition) is 7. The molecule has 1 amide bonds. The number of nitrogens with zero attached hydrogens (tertiary/aromatic N) is 4. The Morgan fingerprint density at radius 3 is 3.00 bits per heavy atom. The van der Waals surface area contributed by atoms with Crippen LogP contribution in [-0.2, 0) is 0 Å². The smallest absolute Gasteiger partial charge is 0.273 e. The Bertz CT molecular complexity index is 757. The van der Waals surface area contributed by atoms with Crippen LogP contribution in [0.2, 0.25) is 0 Å². The molecule has 8 heteroatoms. The third-order valence-corrected chi connectivity index (χ3v) is 4.65. The van der Waals surface area contributed by atoms with E-state index < -0.39 is 0 Å². The summed E-state index contributed by atoms with van der Waals surface area (Å²) in [4.78, 5) is 22.7. The highest BCUT2D eigenvalue weighted by molar-refractivity contribution is 5.92. The van der Waals surface area contributed by atoms with Gasteiger partial charge in [-0.25, -0.2) is 4.98 Å². The van der Waals surface area contributed by atoms with E-state index in [2.05, 4.69) is 32.3 Å². The first-order valence-electron chi connectivity index (χ1n) is 8.21. The number of hydrogen-bond donors (Lipinski definition) is 2. The van der Waals surface area contributed by atoms with E-state index in [1.54, 1.807) is 12.3 Å². The number of nitrogens with two attached hydrogens (primary N) is 1. The zero-order chi connectivity index (χ0) is 16.7. The van der Waals surface area contributed by atoms with Crippen molar-refractivity contribution in [1.29, 1.82) is 0 Å². The fourth-order valence-electron chi connectivity index (χ4n) is 3.08. The van der Waals surface area contributed by atoms with E-state index in [1.807, 2.05) is 6.07 Å². The highest BCUT2D eigenvalue weighted by Crippen LogP contribution is 2.40. The van der Waals surface area contributed by atoms with Gasteiger partial charge in [-0.2, -0.15) is 4.98 Å². The first-order chi connectivity index (χ1) is 11.6. The van der Waals surface area contributed by atoms with E-state index >= 15 is 0 Å². The Hall–Kier alpha value is -2.64. The number of rotatable bonds is 4. The third-order valence-electron chi connectivity index (χ3n) is 4.65. The molecular formula is C16H20N6O2. The Kier molecular flexibility index (Phi) is 3.59. The second kappa shape index (κ2) is 5.77. The second-order valence-electron chi connectivity index (χ2n) is 6.62. The van der Waals surface area contributed by atoms with Crippen molar-refractivity contribution >= 4 is 17.7 Å². The molecule has 0 radical (unpaired) electrons. The lowest BCUT2D eigenvalue weighted by atomic mass is 10.1. The molecule has 8 nitrogen and oxygen atoms in total. The summed E-state index contributed by atoms with van der Waals surface area (Å²) in [5, 5.41) is 6.95. The monoisotopic (exact) mass is 328 g/mol. The molecule has 2 aromatic rings. The van der Waals surface area contributed by atoms with E-state index in [9.17, 15) is 4.79 Å². The van der Waals surface area contributed by atoms with Crippen LogP contribution in [0.1, 0.15) is 41.9 Å². The molecule has 126 valence electrons. The van der Waals surface area contributed by atoms with Crippen molar-refractivity contribution in [3.63, 3.8) is 0 Å². The minimum atomic E-state index is -0.188. The topological polar surface area (TPSA) is 110 Å². The maximum atomic E-state index is 12.4. The van der Waals surface area contributed by atoms with Gasteiger partial charge < -0.3 is 20.5 Å². The maximum absolute atomic E-state index is 12.4. The van der Waals surface area contributed by atoms with Gasteiger partial charge in [0.1, 0.15) is 11.6 Å². The predicted octanol–water partition coefficient (Wildman–Crippen LogP) is 1.18. The van der Waals surface area contributed by atoms with Crippen molar-refractivity contribution in [1.82, 2.24) is 20.4 Å². The Morgan fingerprint density at radius 1 is 1.42 bits per heavy atom. The van der Waals surface area contributed by atoms with E-state index in [0.29, 0.717) is 24.1 Å². The van der Waals surface area contributed by atoms with E-state index in [4.69, 9.17) is 10.3 Å². The Balaban J connectivity index is 1.41. The normalized spacial score (nSPS) is 23.5. The van der Waals surface area contributed by atoms with Gasteiger partial charge in [0.2, 0.25) is 5.95 Å². The van der Waals surface area contributed by atoms with Crippen molar-refractivity contribution in [2.24, 2.45) is 5.92 Å². The van der Waals surface area contributed by atoms with Gasteiger partial charge in [-0.15, -0.1) is 0 Å². The van der Waals surface area contributed by atoms with Crippen LogP contribution in [0.15, 0.2) is 22.9 Å². The summed E-state index contributed by atoms with van der Waals surface area (Å²) >= 11 is 0. The molecule has 1 saturated heterocycles. The first kappa shape index (κ1) is 14.9. The molecule has 1 aliphatic heterocycles. The average molecular weight is 328 g/mol. The summed E-state index contributed by atoms with van der Waals surface area (Å²) in [5.41, 5.74) is 6.00. The fourth-order valence-corrected chi connectivity index (χ4v) is 3.08. The maximum Gasteiger partial charge on any atom is 0.273 e. The molecule has 3 heterocycles. The van der Waals surface area contributed by atoms with Crippen LogP contribution in [0.4, 0.5) is 11.8 Å². The Labute approximate surface area is 139 Å². The number of anilines is 2. The molecule has 0 unspecified atom stereocenters.